The molecule has 2 atom stereocenters. The van der Waals surface area contributed by atoms with Gasteiger partial charge in [-0.1, -0.05) is 0 Å². The van der Waals surface area contributed by atoms with E-state index in [4.69, 9.17) is 0 Å². The van der Waals surface area contributed by atoms with E-state index in [2.05, 4.69) is 39.5 Å². The number of β-amino-alcohol motifs (C(OH)–C–C–N with tert-alkyl or cyclic N) is 1. The molecule has 0 radical (unpaired) electrons. The highest BCUT2D eigenvalue weighted by Crippen LogP contribution is 2.28. The molecular formula is C27H32F2N6O2. The summed E-state index contributed by atoms with van der Waals surface area (Å²) in [6, 6.07) is 4.72. The molecule has 0 bridgehead atoms. The SMILES string of the molecule is Cc1cc(F)c(C(=O)NC2CC2)cc1-n1cc(-c2cc(N[C@H]3CCN(C(C)C)C[C@H]3O)cnc2F)cn1. The average molecular weight is 511 g/mol. The summed E-state index contributed by atoms with van der Waals surface area (Å²) < 4.78 is 30.8. The molecular weight excluding hydrogens is 478 g/mol. The molecule has 10 heteroatoms. The Kier molecular flexibility index (Phi) is 6.96. The molecule has 8 nitrogen and oxygen atoms in total. The summed E-state index contributed by atoms with van der Waals surface area (Å²) in [7, 11) is 0. The van der Waals surface area contributed by atoms with Crippen LogP contribution in [0.2, 0.25) is 0 Å². The fraction of sp³-hybridized carbons (Fsp3) is 0.444. The van der Waals surface area contributed by atoms with Gasteiger partial charge in [-0.15, -0.1) is 0 Å². The van der Waals surface area contributed by atoms with Crippen LogP contribution in [0.25, 0.3) is 16.8 Å². The summed E-state index contributed by atoms with van der Waals surface area (Å²) in [5.41, 5.74) is 2.39. The third-order valence-corrected chi connectivity index (χ3v) is 7.12. The number of amides is 1. The Labute approximate surface area is 214 Å². The van der Waals surface area contributed by atoms with Crippen molar-refractivity contribution in [2.24, 2.45) is 0 Å². The van der Waals surface area contributed by atoms with Gasteiger partial charge in [-0.25, -0.2) is 14.1 Å². The highest BCUT2D eigenvalue weighted by Gasteiger charge is 2.29. The smallest absolute Gasteiger partial charge is 0.254 e. The zero-order valence-electron chi connectivity index (χ0n) is 21.2. The van der Waals surface area contributed by atoms with Crippen LogP contribution in [0.15, 0.2) is 36.8 Å². The fourth-order valence-corrected chi connectivity index (χ4v) is 4.70. The predicted octanol–water partition coefficient (Wildman–Crippen LogP) is 3.67. The molecule has 3 aromatic rings. The third kappa shape index (κ3) is 5.50. The second kappa shape index (κ2) is 10.2. The van der Waals surface area contributed by atoms with Crippen LogP contribution >= 0.6 is 0 Å². The number of nitrogens with zero attached hydrogens (tertiary/aromatic N) is 4. The zero-order chi connectivity index (χ0) is 26.3. The summed E-state index contributed by atoms with van der Waals surface area (Å²) in [5, 5.41) is 21.1. The monoisotopic (exact) mass is 510 g/mol. The van der Waals surface area contributed by atoms with E-state index in [9.17, 15) is 18.7 Å². The minimum atomic E-state index is -0.652. The highest BCUT2D eigenvalue weighted by molar-refractivity contribution is 5.95. The lowest BCUT2D eigenvalue weighted by molar-refractivity contribution is 0.0449. The standard InChI is InChI=1S/C27H32F2N6O2/c1-15(2)34-7-6-23(25(36)14-34)32-19-9-20(26(29)30-12-19)17-11-31-35(13-17)24-10-21(22(28)8-16(24)3)27(37)33-18-4-5-18/h8-13,15,18,23,25,32,36H,4-7,14H2,1-3H3,(H,33,37)/t23-,25+/m0/s1. The number of carbonyl (C=O) groups is 1. The van der Waals surface area contributed by atoms with Crippen molar-refractivity contribution in [3.8, 4) is 16.8 Å². The first-order chi connectivity index (χ1) is 17.7. The molecule has 1 saturated carbocycles. The van der Waals surface area contributed by atoms with Crippen molar-refractivity contribution in [3.63, 3.8) is 0 Å². The van der Waals surface area contributed by atoms with E-state index >= 15 is 0 Å². The van der Waals surface area contributed by atoms with Gasteiger partial charge in [-0.2, -0.15) is 9.49 Å². The number of anilines is 1. The number of likely N-dealkylation sites (tertiary alicyclic amines) is 1. The molecule has 3 N–H and O–H groups in total. The first-order valence-electron chi connectivity index (χ1n) is 12.7. The first-order valence-corrected chi connectivity index (χ1v) is 12.7. The van der Waals surface area contributed by atoms with E-state index in [1.54, 1.807) is 19.2 Å². The zero-order valence-corrected chi connectivity index (χ0v) is 21.2. The Hall–Kier alpha value is -3.37. The van der Waals surface area contributed by atoms with Gasteiger partial charge in [-0.3, -0.25) is 9.69 Å². The summed E-state index contributed by atoms with van der Waals surface area (Å²) >= 11 is 0. The highest BCUT2D eigenvalue weighted by atomic mass is 19.1. The number of aromatic nitrogens is 3. The number of halogens is 2. The van der Waals surface area contributed by atoms with Crippen molar-refractivity contribution in [3.05, 3.63) is 59.7 Å². The van der Waals surface area contributed by atoms with E-state index in [-0.39, 0.29) is 23.2 Å². The summed E-state index contributed by atoms with van der Waals surface area (Å²) in [5.74, 6) is -1.70. The number of carbonyl (C=O) groups excluding carboxylic acids is 1. The van der Waals surface area contributed by atoms with E-state index < -0.39 is 23.8 Å². The molecule has 0 spiro atoms. The molecule has 0 unspecified atom stereocenters. The molecule has 2 aliphatic rings. The number of nitrogens with one attached hydrogen (secondary N) is 2. The van der Waals surface area contributed by atoms with Crippen LogP contribution < -0.4 is 10.6 Å². The number of aliphatic hydroxyl groups excluding tert-OH is 1. The number of piperidine rings is 1. The molecule has 1 aliphatic heterocycles. The molecule has 1 amide bonds. The predicted molar refractivity (Wildman–Crippen MR) is 137 cm³/mol. The third-order valence-electron chi connectivity index (χ3n) is 7.12. The Morgan fingerprint density at radius 3 is 2.65 bits per heavy atom. The number of hydrogen-bond acceptors (Lipinski definition) is 6. The number of hydrogen-bond donors (Lipinski definition) is 3. The molecule has 2 fully saturated rings. The van der Waals surface area contributed by atoms with Crippen molar-refractivity contribution >= 4 is 11.6 Å². The normalized spacial score (nSPS) is 20.3. The van der Waals surface area contributed by atoms with Gasteiger partial charge in [0.15, 0.2) is 0 Å². The van der Waals surface area contributed by atoms with Crippen LogP contribution in [0.3, 0.4) is 0 Å². The Morgan fingerprint density at radius 1 is 1.16 bits per heavy atom. The maximum atomic E-state index is 14.8. The van der Waals surface area contributed by atoms with Gasteiger partial charge in [-0.05, 0) is 63.8 Å². The summed E-state index contributed by atoms with van der Waals surface area (Å²) in [6.45, 7) is 7.37. The quantitative estimate of drug-likeness (QED) is 0.420. The molecule has 1 saturated heterocycles. The molecule has 2 aromatic heterocycles. The number of pyridine rings is 1. The van der Waals surface area contributed by atoms with Crippen LogP contribution in [-0.2, 0) is 0 Å². The molecule has 1 aromatic carbocycles. The minimum Gasteiger partial charge on any atom is -0.390 e. The van der Waals surface area contributed by atoms with Gasteiger partial charge in [0.05, 0.1) is 41.5 Å². The van der Waals surface area contributed by atoms with Gasteiger partial charge >= 0.3 is 0 Å². The van der Waals surface area contributed by atoms with Gasteiger partial charge in [0.1, 0.15) is 5.82 Å². The van der Waals surface area contributed by atoms with Gasteiger partial charge in [0, 0.05) is 42.5 Å². The van der Waals surface area contributed by atoms with Gasteiger partial charge in [0.2, 0.25) is 5.95 Å². The minimum absolute atomic E-state index is 0.0503. The second-order valence-electron chi connectivity index (χ2n) is 10.3. The Balaban J connectivity index is 1.37. The first kappa shape index (κ1) is 25.3. The number of benzene rings is 1. The van der Waals surface area contributed by atoms with Crippen molar-refractivity contribution in [1.82, 2.24) is 25.0 Å². The molecule has 3 heterocycles. The lowest BCUT2D eigenvalue weighted by Gasteiger charge is -2.38. The second-order valence-corrected chi connectivity index (χ2v) is 10.3. The molecule has 5 rings (SSSR count). The lowest BCUT2D eigenvalue weighted by Crippen LogP contribution is -2.51. The Morgan fingerprint density at radius 2 is 1.95 bits per heavy atom. The van der Waals surface area contributed by atoms with Crippen LogP contribution in [-0.4, -0.2) is 68.0 Å². The van der Waals surface area contributed by atoms with Crippen molar-refractivity contribution in [1.29, 1.82) is 0 Å². The molecule has 1 aliphatic carbocycles. The molecule has 37 heavy (non-hydrogen) atoms. The van der Waals surface area contributed by atoms with Crippen LogP contribution in [0.4, 0.5) is 14.5 Å². The number of aliphatic hydroxyl groups is 1. The van der Waals surface area contributed by atoms with Crippen molar-refractivity contribution in [2.75, 3.05) is 18.4 Å². The maximum absolute atomic E-state index is 14.8. The van der Waals surface area contributed by atoms with Gasteiger partial charge in [0.25, 0.3) is 5.91 Å². The largest absolute Gasteiger partial charge is 0.390 e. The maximum Gasteiger partial charge on any atom is 0.254 e. The summed E-state index contributed by atoms with van der Waals surface area (Å²) in [6.07, 6.45) is 6.55. The van der Waals surface area contributed by atoms with E-state index in [1.807, 2.05) is 0 Å². The molecule has 196 valence electrons. The Bertz CT molecular complexity index is 1310. The lowest BCUT2D eigenvalue weighted by atomic mass is 10.00. The average Bonchev–Trinajstić information content (AvgIpc) is 3.53. The van der Waals surface area contributed by atoms with E-state index in [0.717, 1.165) is 25.8 Å². The topological polar surface area (TPSA) is 95.3 Å². The van der Waals surface area contributed by atoms with Crippen molar-refractivity contribution in [2.45, 2.75) is 64.3 Å². The van der Waals surface area contributed by atoms with Gasteiger partial charge < -0.3 is 15.7 Å². The van der Waals surface area contributed by atoms with Crippen LogP contribution in [0, 0.1) is 18.7 Å². The summed E-state index contributed by atoms with van der Waals surface area (Å²) in [4.78, 5) is 18.6. The fourth-order valence-electron chi connectivity index (χ4n) is 4.70. The number of rotatable bonds is 7. The van der Waals surface area contributed by atoms with Crippen molar-refractivity contribution < 1.29 is 18.7 Å². The van der Waals surface area contributed by atoms with E-state index in [1.165, 1.54) is 29.2 Å². The van der Waals surface area contributed by atoms with Crippen LogP contribution in [0.1, 0.15) is 49.0 Å². The van der Waals surface area contributed by atoms with E-state index in [0.29, 0.717) is 35.1 Å². The number of aryl methyl sites for hydroxylation is 1. The van der Waals surface area contributed by atoms with Crippen LogP contribution in [0.5, 0.6) is 0 Å².